The second-order valence-electron chi connectivity index (χ2n) is 10.2. The summed E-state index contributed by atoms with van der Waals surface area (Å²) in [4.78, 5) is 74.6. The topological polar surface area (TPSA) is 362 Å². The number of nitrogens with two attached hydrogens (primary N) is 1. The van der Waals surface area contributed by atoms with Crippen LogP contribution in [-0.4, -0.2) is 105 Å². The lowest BCUT2D eigenvalue weighted by Crippen LogP contribution is -2.46. The van der Waals surface area contributed by atoms with E-state index in [0.29, 0.717) is 0 Å². The molecule has 3 aromatic rings. The number of hydrogen-bond acceptors (Lipinski definition) is 17. The van der Waals surface area contributed by atoms with Gasteiger partial charge in [-0.25, -0.2) is 23.4 Å². The molecule has 0 aromatic carbocycles. The van der Waals surface area contributed by atoms with E-state index in [-0.39, 0.29) is 16.7 Å². The second kappa shape index (κ2) is 13.8. The van der Waals surface area contributed by atoms with E-state index in [1.54, 1.807) is 0 Å². The number of ether oxygens (including phenoxy) is 2. The Bertz CT molecular complexity index is 1870. The average Bonchev–Trinajstić information content (AvgIpc) is 3.64. The Morgan fingerprint density at radius 1 is 1.06 bits per heavy atom. The summed E-state index contributed by atoms with van der Waals surface area (Å²) in [5, 5.41) is 31.4. The number of pyridine rings is 1. The van der Waals surface area contributed by atoms with Crippen molar-refractivity contribution in [3.63, 3.8) is 0 Å². The lowest BCUT2D eigenvalue weighted by Gasteiger charge is -2.26. The van der Waals surface area contributed by atoms with Crippen LogP contribution in [0.15, 0.2) is 42.0 Å². The number of hydrogen-bond donors (Lipinski definition) is 8. The van der Waals surface area contributed by atoms with Gasteiger partial charge in [0.15, 0.2) is 35.9 Å². The summed E-state index contributed by atoms with van der Waals surface area (Å²) in [6.45, 7) is -2.16. The lowest BCUT2D eigenvalue weighted by molar-refractivity contribution is -0.765. The number of fused-ring (bicyclic) bond motifs is 1. The Hall–Kier alpha value is -2.86. The molecule has 2 aliphatic heterocycles. The van der Waals surface area contributed by atoms with Crippen molar-refractivity contribution in [2.24, 2.45) is 5.73 Å². The Kier molecular flexibility index (Phi) is 10.5. The van der Waals surface area contributed by atoms with Crippen LogP contribution >= 0.6 is 23.5 Å². The Labute approximate surface area is 266 Å². The molecule has 9 N–H and O–H groups in total. The third kappa shape index (κ3) is 8.12. The van der Waals surface area contributed by atoms with E-state index >= 15 is 0 Å². The van der Waals surface area contributed by atoms with Gasteiger partial charge in [0, 0.05) is 6.07 Å². The molecule has 48 heavy (non-hydrogen) atoms. The molecule has 0 spiro atoms. The number of aliphatic hydroxyl groups is 3. The molecule has 27 heteroatoms. The van der Waals surface area contributed by atoms with E-state index in [1.165, 1.54) is 29.1 Å². The first-order valence-electron chi connectivity index (χ1n) is 13.3. The third-order valence-corrected chi connectivity index (χ3v) is 10.0. The van der Waals surface area contributed by atoms with E-state index in [9.17, 15) is 58.2 Å². The van der Waals surface area contributed by atoms with Crippen LogP contribution < -0.4 is 20.8 Å². The van der Waals surface area contributed by atoms with Gasteiger partial charge in [-0.05, 0) is 6.07 Å². The summed E-state index contributed by atoms with van der Waals surface area (Å²) in [6, 6.07) is 2.76. The van der Waals surface area contributed by atoms with E-state index in [4.69, 9.17) is 15.2 Å². The van der Waals surface area contributed by atoms with Crippen LogP contribution in [0.1, 0.15) is 22.8 Å². The zero-order chi connectivity index (χ0) is 35.2. The molecule has 0 aliphatic carbocycles. The number of aromatic nitrogens is 5. The Morgan fingerprint density at radius 3 is 2.44 bits per heavy atom. The first kappa shape index (κ1) is 36.4. The van der Waals surface area contributed by atoms with Crippen molar-refractivity contribution in [1.82, 2.24) is 19.5 Å². The summed E-state index contributed by atoms with van der Waals surface area (Å²) in [5.74, 6) is -0.803. The molecule has 1 amide bonds. The molecule has 264 valence electrons. The summed E-state index contributed by atoms with van der Waals surface area (Å²) in [6.07, 6.45) is -9.00. The van der Waals surface area contributed by atoms with Gasteiger partial charge >= 0.3 is 15.6 Å². The van der Waals surface area contributed by atoms with Crippen molar-refractivity contribution in [1.29, 1.82) is 0 Å². The maximum atomic E-state index is 12.5. The minimum atomic E-state index is -5.74. The van der Waals surface area contributed by atoms with Crippen LogP contribution in [0.2, 0.25) is 0 Å². The molecule has 2 fully saturated rings. The largest absolute Gasteiger partial charge is 0.756 e. The Balaban J connectivity index is 1.21. The number of phosphoric ester groups is 3. The van der Waals surface area contributed by atoms with Crippen LogP contribution in [0.4, 0.5) is 0 Å². The highest BCUT2D eigenvalue weighted by molar-refractivity contribution is 7.60. The van der Waals surface area contributed by atoms with Gasteiger partial charge in [0.2, 0.25) is 0 Å². The number of carbonyl (C=O) groups excluding carboxylic acids is 1. The number of nitrogens with one attached hydrogen (secondary N) is 1. The molecule has 10 atom stereocenters. The molecular weight excluding hydrogens is 717 g/mol. The van der Waals surface area contributed by atoms with E-state index in [2.05, 4.69) is 32.8 Å². The molecule has 5 rings (SSSR count). The monoisotopic (exact) mass is 744 g/mol. The van der Waals surface area contributed by atoms with Gasteiger partial charge in [-0.3, -0.25) is 27.8 Å². The summed E-state index contributed by atoms with van der Waals surface area (Å²) in [7, 11) is -16.7. The molecule has 2 saturated heterocycles. The number of nitrogens with zero attached hydrogens (tertiary/aromatic N) is 4. The SMILES string of the molecule is NC(=O)c1ccc[n+]([C@@H]2O[C@H](COP(=O)([O-])OP(=O)(O)OC[C@H]3O[C@@H](n4cnc5c(=O)[nH]cnc54)[C@H](OP(=O)(O)O)[C@@H]3O)[C@@H](O)[C@H]2O)c1. The van der Waals surface area contributed by atoms with Gasteiger partial charge in [-0.2, -0.15) is 4.57 Å². The molecule has 2 aliphatic rings. The number of amides is 1. The third-order valence-electron chi connectivity index (χ3n) is 6.95. The fraction of sp³-hybridized carbons (Fsp3) is 0.476. The zero-order valence-electron chi connectivity index (χ0n) is 23.8. The van der Waals surface area contributed by atoms with E-state index in [1.807, 2.05) is 0 Å². The molecular formula is C21H27N6O18P3. The number of imidazole rings is 1. The van der Waals surface area contributed by atoms with Crippen molar-refractivity contribution < 1.29 is 85.3 Å². The van der Waals surface area contributed by atoms with Crippen molar-refractivity contribution in [3.05, 3.63) is 53.1 Å². The minimum absolute atomic E-state index is 0.0263. The van der Waals surface area contributed by atoms with E-state index < -0.39 is 97.2 Å². The number of aliphatic hydroxyl groups excluding tert-OH is 3. The number of primary amides is 1. The van der Waals surface area contributed by atoms with Gasteiger partial charge < -0.3 is 59.6 Å². The fourth-order valence-electron chi connectivity index (χ4n) is 4.82. The molecule has 24 nitrogen and oxygen atoms in total. The summed E-state index contributed by atoms with van der Waals surface area (Å²) in [5.41, 5.74) is 4.18. The smallest absolute Gasteiger partial charge is 0.478 e. The van der Waals surface area contributed by atoms with E-state index in [0.717, 1.165) is 17.2 Å². The predicted octanol–water partition coefficient (Wildman–Crippen LogP) is -3.82. The first-order valence-corrected chi connectivity index (χ1v) is 17.8. The van der Waals surface area contributed by atoms with Crippen molar-refractivity contribution >= 4 is 40.5 Å². The van der Waals surface area contributed by atoms with Crippen LogP contribution in [0.5, 0.6) is 0 Å². The van der Waals surface area contributed by atoms with Crippen LogP contribution in [0.25, 0.3) is 11.2 Å². The first-order chi connectivity index (χ1) is 22.4. The number of phosphoric acid groups is 3. The molecule has 0 bridgehead atoms. The van der Waals surface area contributed by atoms with Crippen molar-refractivity contribution in [2.75, 3.05) is 13.2 Å². The maximum Gasteiger partial charge on any atom is 0.478 e. The number of rotatable bonds is 13. The normalized spacial score (nSPS) is 30.3. The average molecular weight is 744 g/mol. The van der Waals surface area contributed by atoms with Gasteiger partial charge in [0.1, 0.15) is 36.1 Å². The fourth-order valence-corrected chi connectivity index (χ4v) is 7.42. The van der Waals surface area contributed by atoms with Crippen LogP contribution in [0, 0.1) is 0 Å². The molecule has 2 unspecified atom stereocenters. The lowest BCUT2D eigenvalue weighted by atomic mass is 10.1. The zero-order valence-corrected chi connectivity index (χ0v) is 26.5. The van der Waals surface area contributed by atoms with Crippen LogP contribution in [0.3, 0.4) is 0 Å². The standard InChI is InChI=1S/C21H27N6O18P3/c22-17(31)9-2-1-3-26(4-9)20-15(30)13(28)10(42-20)5-40-47(36,37)45-48(38,39)41-6-11-14(29)16(44-46(33,34)35)21(43-11)27-8-25-12-18(27)23-7-24-19(12)32/h1-4,7-8,10-11,13-16,20-21,28-30H,5-6H2,(H6-,22,23,24,31,32,33,34,35,36,37,38,39)/t10-,11-,13-,14-,15-,16-,20-,21-/m1/s1. The summed E-state index contributed by atoms with van der Waals surface area (Å²) >= 11 is 0. The second-order valence-corrected chi connectivity index (χ2v) is 14.4. The van der Waals surface area contributed by atoms with Gasteiger partial charge in [-0.15, -0.1) is 0 Å². The number of aromatic amines is 1. The van der Waals surface area contributed by atoms with Crippen molar-refractivity contribution in [3.8, 4) is 0 Å². The number of H-pyrrole nitrogens is 1. The minimum Gasteiger partial charge on any atom is -0.756 e. The molecule has 3 aromatic heterocycles. The highest BCUT2D eigenvalue weighted by atomic mass is 31.3. The number of carbonyl (C=O) groups is 1. The Morgan fingerprint density at radius 2 is 1.75 bits per heavy atom. The molecule has 0 saturated carbocycles. The van der Waals surface area contributed by atoms with Gasteiger partial charge in [0.05, 0.1) is 25.9 Å². The highest BCUT2D eigenvalue weighted by Crippen LogP contribution is 2.58. The summed E-state index contributed by atoms with van der Waals surface area (Å²) < 4.78 is 67.6. The maximum absolute atomic E-state index is 12.5. The van der Waals surface area contributed by atoms with Gasteiger partial charge in [0.25, 0.3) is 25.5 Å². The highest BCUT2D eigenvalue weighted by Gasteiger charge is 2.51. The predicted molar refractivity (Wildman–Crippen MR) is 146 cm³/mol. The molecule has 0 radical (unpaired) electrons. The van der Waals surface area contributed by atoms with Gasteiger partial charge in [-0.1, -0.05) is 0 Å². The quantitative estimate of drug-likeness (QED) is 0.0614. The van der Waals surface area contributed by atoms with Crippen molar-refractivity contribution in [2.45, 2.75) is 49.1 Å². The van der Waals surface area contributed by atoms with Crippen LogP contribution in [-0.2, 0) is 41.1 Å². The molecule has 5 heterocycles.